The lowest BCUT2D eigenvalue weighted by molar-refractivity contribution is 0.592. The lowest BCUT2D eigenvalue weighted by Gasteiger charge is -2.21. The molecule has 0 radical (unpaired) electrons. The van der Waals surface area contributed by atoms with Crippen LogP contribution in [0.25, 0.3) is 0 Å². The molecule has 0 spiro atoms. The lowest BCUT2D eigenvalue weighted by Crippen LogP contribution is -2.23. The Morgan fingerprint density at radius 2 is 1.84 bits per heavy atom. The molecule has 0 fully saturated rings. The molecule has 2 atom stereocenters. The monoisotopic (exact) mass is 275 g/mol. The van der Waals surface area contributed by atoms with E-state index in [2.05, 4.69) is 6.07 Å². The summed E-state index contributed by atoms with van der Waals surface area (Å²) in [5.41, 5.74) is 7.90. The molecule has 0 aliphatic heterocycles. The highest BCUT2D eigenvalue weighted by Crippen LogP contribution is 2.38. The highest BCUT2D eigenvalue weighted by Gasteiger charge is 2.20. The van der Waals surface area contributed by atoms with Crippen LogP contribution in [-0.4, -0.2) is 6.04 Å². The van der Waals surface area contributed by atoms with E-state index in [0.717, 1.165) is 4.90 Å². The summed E-state index contributed by atoms with van der Waals surface area (Å²) < 4.78 is 13.9. The summed E-state index contributed by atoms with van der Waals surface area (Å²) in [6, 6.07) is 14.9. The second-order valence-electron chi connectivity index (χ2n) is 4.74. The fourth-order valence-corrected chi connectivity index (χ4v) is 3.23. The molecule has 0 aliphatic carbocycles. The van der Waals surface area contributed by atoms with Crippen LogP contribution in [0.1, 0.15) is 23.3 Å². The van der Waals surface area contributed by atoms with Crippen molar-refractivity contribution in [1.82, 2.24) is 0 Å². The molecule has 0 aliphatic rings. The Bertz CT molecular complexity index is 554. The average molecular weight is 275 g/mol. The van der Waals surface area contributed by atoms with Crippen LogP contribution in [-0.2, 0) is 0 Å². The molecule has 0 bridgehead atoms. The number of hydrogen-bond donors (Lipinski definition) is 1. The van der Waals surface area contributed by atoms with Gasteiger partial charge in [-0.2, -0.15) is 0 Å². The van der Waals surface area contributed by atoms with E-state index in [1.165, 1.54) is 11.6 Å². The summed E-state index contributed by atoms with van der Waals surface area (Å²) in [5, 5.41) is -0.0806. The molecule has 3 heteroatoms. The van der Waals surface area contributed by atoms with E-state index in [9.17, 15) is 4.39 Å². The van der Waals surface area contributed by atoms with Gasteiger partial charge in [0.1, 0.15) is 5.82 Å². The summed E-state index contributed by atoms with van der Waals surface area (Å²) in [6.45, 7) is 3.97. The zero-order valence-corrected chi connectivity index (χ0v) is 12.0. The second kappa shape index (κ2) is 6.22. The van der Waals surface area contributed by atoms with Crippen LogP contribution >= 0.6 is 11.8 Å². The molecule has 1 nitrogen and oxygen atoms in total. The van der Waals surface area contributed by atoms with Crippen LogP contribution in [0, 0.1) is 12.7 Å². The first-order valence-electron chi connectivity index (χ1n) is 6.31. The van der Waals surface area contributed by atoms with E-state index in [4.69, 9.17) is 5.73 Å². The molecule has 2 rings (SSSR count). The zero-order chi connectivity index (χ0) is 13.8. The van der Waals surface area contributed by atoms with E-state index in [1.807, 2.05) is 44.2 Å². The number of rotatable bonds is 4. The van der Waals surface area contributed by atoms with Gasteiger partial charge in [-0.15, -0.1) is 11.8 Å². The first kappa shape index (κ1) is 14.1. The number of nitrogens with two attached hydrogens (primary N) is 1. The van der Waals surface area contributed by atoms with Gasteiger partial charge in [-0.05, 0) is 32.0 Å². The van der Waals surface area contributed by atoms with Crippen molar-refractivity contribution < 1.29 is 4.39 Å². The number of thioether (sulfide) groups is 1. The van der Waals surface area contributed by atoms with E-state index >= 15 is 0 Å². The molecule has 19 heavy (non-hydrogen) atoms. The SMILES string of the molecule is Cc1cccc(SC(c2ccccc2F)C(C)N)c1. The van der Waals surface area contributed by atoms with Crippen molar-refractivity contribution >= 4 is 11.8 Å². The first-order chi connectivity index (χ1) is 9.08. The summed E-state index contributed by atoms with van der Waals surface area (Å²) in [5.74, 6) is -0.190. The Hall–Kier alpha value is -1.32. The van der Waals surface area contributed by atoms with Gasteiger partial charge >= 0.3 is 0 Å². The number of aryl methyl sites for hydroxylation is 1. The van der Waals surface area contributed by atoms with Crippen LogP contribution in [0.15, 0.2) is 53.4 Å². The first-order valence-corrected chi connectivity index (χ1v) is 7.19. The van der Waals surface area contributed by atoms with Crippen molar-refractivity contribution in [3.05, 3.63) is 65.5 Å². The number of halogens is 1. The minimum Gasteiger partial charge on any atom is -0.327 e. The molecule has 0 saturated carbocycles. The molecular formula is C16H18FNS. The summed E-state index contributed by atoms with van der Waals surface area (Å²) in [4.78, 5) is 1.12. The smallest absolute Gasteiger partial charge is 0.127 e. The van der Waals surface area contributed by atoms with Crippen LogP contribution in [0.2, 0.25) is 0 Å². The fourth-order valence-electron chi connectivity index (χ4n) is 2.00. The number of hydrogen-bond acceptors (Lipinski definition) is 2. The summed E-state index contributed by atoms with van der Waals surface area (Å²) in [7, 11) is 0. The van der Waals surface area contributed by atoms with Gasteiger partial charge in [0.25, 0.3) is 0 Å². The lowest BCUT2D eigenvalue weighted by atomic mass is 10.1. The molecule has 2 aromatic carbocycles. The van der Waals surface area contributed by atoms with Crippen molar-refractivity contribution in [3.8, 4) is 0 Å². The van der Waals surface area contributed by atoms with Crippen LogP contribution in [0.4, 0.5) is 4.39 Å². The van der Waals surface area contributed by atoms with Gasteiger partial charge in [0.05, 0.1) is 5.25 Å². The molecule has 100 valence electrons. The molecular weight excluding hydrogens is 257 g/mol. The molecule has 0 aromatic heterocycles. The van der Waals surface area contributed by atoms with E-state index in [1.54, 1.807) is 17.8 Å². The predicted molar refractivity (Wildman–Crippen MR) is 79.8 cm³/mol. The van der Waals surface area contributed by atoms with Gasteiger partial charge < -0.3 is 5.73 Å². The van der Waals surface area contributed by atoms with Gasteiger partial charge in [0.15, 0.2) is 0 Å². The van der Waals surface area contributed by atoms with Gasteiger partial charge in [0, 0.05) is 16.5 Å². The largest absolute Gasteiger partial charge is 0.327 e. The third-order valence-electron chi connectivity index (χ3n) is 2.94. The van der Waals surface area contributed by atoms with Crippen LogP contribution in [0.5, 0.6) is 0 Å². The molecule has 0 saturated heterocycles. The maximum atomic E-state index is 13.9. The van der Waals surface area contributed by atoms with Crippen LogP contribution < -0.4 is 5.73 Å². The molecule has 2 unspecified atom stereocenters. The van der Waals surface area contributed by atoms with Crippen LogP contribution in [0.3, 0.4) is 0 Å². The van der Waals surface area contributed by atoms with Crippen molar-refractivity contribution in [3.63, 3.8) is 0 Å². The highest BCUT2D eigenvalue weighted by molar-refractivity contribution is 7.99. The van der Waals surface area contributed by atoms with E-state index in [-0.39, 0.29) is 17.1 Å². The van der Waals surface area contributed by atoms with Crippen molar-refractivity contribution in [2.45, 2.75) is 30.0 Å². The third-order valence-corrected chi connectivity index (χ3v) is 4.41. The standard InChI is InChI=1S/C16H18FNS/c1-11-6-5-7-13(10-11)19-16(12(2)18)14-8-3-4-9-15(14)17/h3-10,12,16H,18H2,1-2H3. The zero-order valence-electron chi connectivity index (χ0n) is 11.1. The van der Waals surface area contributed by atoms with Crippen molar-refractivity contribution in [2.24, 2.45) is 5.73 Å². The van der Waals surface area contributed by atoms with Gasteiger partial charge in [-0.25, -0.2) is 4.39 Å². The minimum atomic E-state index is -0.190. The van der Waals surface area contributed by atoms with Gasteiger partial charge in [0.2, 0.25) is 0 Å². The molecule has 2 aromatic rings. The summed E-state index contributed by atoms with van der Waals surface area (Å²) >= 11 is 1.61. The second-order valence-corrected chi connectivity index (χ2v) is 5.95. The maximum Gasteiger partial charge on any atom is 0.127 e. The van der Waals surface area contributed by atoms with Crippen molar-refractivity contribution in [1.29, 1.82) is 0 Å². The Balaban J connectivity index is 2.29. The third kappa shape index (κ3) is 3.58. The van der Waals surface area contributed by atoms with E-state index in [0.29, 0.717) is 5.56 Å². The molecule has 0 heterocycles. The Kier molecular flexibility index (Phi) is 4.61. The minimum absolute atomic E-state index is 0.0806. The van der Waals surface area contributed by atoms with Crippen molar-refractivity contribution in [2.75, 3.05) is 0 Å². The number of benzene rings is 2. The summed E-state index contributed by atoms with van der Waals surface area (Å²) in [6.07, 6.45) is 0. The average Bonchev–Trinajstić information content (AvgIpc) is 2.37. The fraction of sp³-hybridized carbons (Fsp3) is 0.250. The normalized spacial score (nSPS) is 14.1. The Labute approximate surface area is 118 Å². The Morgan fingerprint density at radius 3 is 2.47 bits per heavy atom. The maximum absolute atomic E-state index is 13.9. The Morgan fingerprint density at radius 1 is 1.11 bits per heavy atom. The van der Waals surface area contributed by atoms with Gasteiger partial charge in [-0.1, -0.05) is 35.9 Å². The highest BCUT2D eigenvalue weighted by atomic mass is 32.2. The molecule has 2 N–H and O–H groups in total. The predicted octanol–water partition coefficient (Wildman–Crippen LogP) is 4.31. The van der Waals surface area contributed by atoms with E-state index < -0.39 is 0 Å². The van der Waals surface area contributed by atoms with Gasteiger partial charge in [-0.3, -0.25) is 0 Å². The quantitative estimate of drug-likeness (QED) is 0.841. The molecule has 0 amide bonds. The topological polar surface area (TPSA) is 26.0 Å².